The maximum atomic E-state index is 12.6. The number of carbonyl (C=O) groups excluding carboxylic acids is 2. The first-order chi connectivity index (χ1) is 13.1. The summed E-state index contributed by atoms with van der Waals surface area (Å²) in [5.41, 5.74) is 3.17. The highest BCUT2D eigenvalue weighted by Crippen LogP contribution is 2.13. The Bertz CT molecular complexity index is 944. The molecule has 1 aliphatic rings. The van der Waals surface area contributed by atoms with Crippen molar-refractivity contribution >= 4 is 22.7 Å². The van der Waals surface area contributed by atoms with E-state index in [4.69, 9.17) is 0 Å². The molecule has 3 aromatic rings. The molecule has 2 amide bonds. The van der Waals surface area contributed by atoms with Gasteiger partial charge in [-0.05, 0) is 18.6 Å². The zero-order valence-corrected chi connectivity index (χ0v) is 15.3. The van der Waals surface area contributed by atoms with Crippen molar-refractivity contribution in [1.82, 2.24) is 19.6 Å². The van der Waals surface area contributed by atoms with Crippen LogP contribution in [0.1, 0.15) is 11.1 Å². The van der Waals surface area contributed by atoms with Gasteiger partial charge in [0.05, 0.1) is 12.1 Å². The number of piperazine rings is 1. The van der Waals surface area contributed by atoms with Crippen molar-refractivity contribution in [2.75, 3.05) is 19.6 Å². The van der Waals surface area contributed by atoms with E-state index in [2.05, 4.69) is 5.10 Å². The third kappa shape index (κ3) is 3.84. The van der Waals surface area contributed by atoms with E-state index in [9.17, 15) is 9.59 Å². The van der Waals surface area contributed by atoms with Gasteiger partial charge < -0.3 is 9.80 Å². The standard InChI is InChI=1S/C21H22N4O2/c1-16-6-8-17(9-7-16)12-23-10-11-24(14-20(23)26)21(27)15-25-13-18-4-2-3-5-19(18)22-25/h2-9,13H,10-12,14-15H2,1H3. The van der Waals surface area contributed by atoms with E-state index < -0.39 is 0 Å². The molecule has 138 valence electrons. The minimum Gasteiger partial charge on any atom is -0.335 e. The van der Waals surface area contributed by atoms with Gasteiger partial charge in [-0.15, -0.1) is 0 Å². The zero-order valence-electron chi connectivity index (χ0n) is 15.3. The van der Waals surface area contributed by atoms with Gasteiger partial charge in [0, 0.05) is 31.2 Å². The molecule has 1 saturated heterocycles. The van der Waals surface area contributed by atoms with Gasteiger partial charge in [-0.25, -0.2) is 0 Å². The summed E-state index contributed by atoms with van der Waals surface area (Å²) in [6.07, 6.45) is 1.86. The molecule has 6 nitrogen and oxygen atoms in total. The number of fused-ring (bicyclic) bond motifs is 1. The minimum atomic E-state index is -0.0776. The number of benzene rings is 2. The van der Waals surface area contributed by atoms with Gasteiger partial charge in [0.15, 0.2) is 0 Å². The average Bonchev–Trinajstić information content (AvgIpc) is 3.07. The molecular formula is C21H22N4O2. The Morgan fingerprint density at radius 1 is 1.07 bits per heavy atom. The molecule has 0 spiro atoms. The minimum absolute atomic E-state index is 0.0131. The van der Waals surface area contributed by atoms with Gasteiger partial charge >= 0.3 is 0 Å². The van der Waals surface area contributed by atoms with Crippen LogP contribution in [0.4, 0.5) is 0 Å². The monoisotopic (exact) mass is 362 g/mol. The largest absolute Gasteiger partial charge is 0.335 e. The molecule has 1 aliphatic heterocycles. The summed E-state index contributed by atoms with van der Waals surface area (Å²) in [4.78, 5) is 28.5. The molecule has 0 aliphatic carbocycles. The number of nitrogens with zero attached hydrogens (tertiary/aromatic N) is 4. The van der Waals surface area contributed by atoms with Gasteiger partial charge in [-0.3, -0.25) is 14.3 Å². The number of rotatable bonds is 4. The first-order valence-corrected chi connectivity index (χ1v) is 9.12. The lowest BCUT2D eigenvalue weighted by atomic mass is 10.1. The van der Waals surface area contributed by atoms with Crippen LogP contribution in [-0.2, 0) is 22.7 Å². The highest BCUT2D eigenvalue weighted by molar-refractivity contribution is 5.86. The molecule has 4 rings (SSSR count). The summed E-state index contributed by atoms with van der Waals surface area (Å²) in [6, 6.07) is 15.9. The fraction of sp³-hybridized carbons (Fsp3) is 0.286. The molecular weight excluding hydrogens is 340 g/mol. The van der Waals surface area contributed by atoms with Crippen molar-refractivity contribution < 1.29 is 9.59 Å². The van der Waals surface area contributed by atoms with Crippen LogP contribution in [0.2, 0.25) is 0 Å². The SMILES string of the molecule is Cc1ccc(CN2CCN(C(=O)Cn3cc4ccccc4n3)CC2=O)cc1. The number of aryl methyl sites for hydroxylation is 1. The Hall–Kier alpha value is -3.15. The molecule has 1 fully saturated rings. The van der Waals surface area contributed by atoms with Crippen LogP contribution in [0, 0.1) is 6.92 Å². The molecule has 0 radical (unpaired) electrons. The third-order valence-corrected chi connectivity index (χ3v) is 4.92. The van der Waals surface area contributed by atoms with Crippen LogP contribution < -0.4 is 0 Å². The Balaban J connectivity index is 1.36. The molecule has 27 heavy (non-hydrogen) atoms. The smallest absolute Gasteiger partial charge is 0.244 e. The van der Waals surface area contributed by atoms with Gasteiger partial charge in [0.2, 0.25) is 11.8 Å². The molecule has 1 aromatic heterocycles. The quantitative estimate of drug-likeness (QED) is 0.715. The second kappa shape index (κ2) is 7.23. The fourth-order valence-corrected chi connectivity index (χ4v) is 3.34. The Kier molecular flexibility index (Phi) is 4.62. The van der Waals surface area contributed by atoms with Crippen LogP contribution >= 0.6 is 0 Å². The Morgan fingerprint density at radius 2 is 1.85 bits per heavy atom. The van der Waals surface area contributed by atoms with Gasteiger partial charge in [0.25, 0.3) is 0 Å². The van der Waals surface area contributed by atoms with Gasteiger partial charge in [-0.1, -0.05) is 48.0 Å². The van der Waals surface area contributed by atoms with Crippen molar-refractivity contribution in [2.24, 2.45) is 0 Å². The lowest BCUT2D eigenvalue weighted by Crippen LogP contribution is -2.52. The maximum absolute atomic E-state index is 12.6. The first kappa shape index (κ1) is 17.3. The predicted molar refractivity (Wildman–Crippen MR) is 103 cm³/mol. The number of aromatic nitrogens is 2. The summed E-state index contributed by atoms with van der Waals surface area (Å²) in [5.74, 6) is -0.0908. The van der Waals surface area contributed by atoms with Crippen molar-refractivity contribution in [3.63, 3.8) is 0 Å². The van der Waals surface area contributed by atoms with Crippen LogP contribution in [0.3, 0.4) is 0 Å². The summed E-state index contributed by atoms with van der Waals surface area (Å²) in [6.45, 7) is 4.02. The van der Waals surface area contributed by atoms with E-state index in [1.165, 1.54) is 5.56 Å². The molecule has 2 aromatic carbocycles. The zero-order chi connectivity index (χ0) is 18.8. The lowest BCUT2D eigenvalue weighted by Gasteiger charge is -2.34. The molecule has 0 atom stereocenters. The van der Waals surface area contributed by atoms with Crippen LogP contribution in [0.25, 0.3) is 10.9 Å². The average molecular weight is 362 g/mol. The summed E-state index contributed by atoms with van der Waals surface area (Å²) >= 11 is 0. The second-order valence-electron chi connectivity index (χ2n) is 7.00. The fourth-order valence-electron chi connectivity index (χ4n) is 3.34. The molecule has 6 heteroatoms. The molecule has 2 heterocycles. The predicted octanol–water partition coefficient (Wildman–Crippen LogP) is 2.22. The van der Waals surface area contributed by atoms with Crippen molar-refractivity contribution in [3.8, 4) is 0 Å². The number of carbonyl (C=O) groups is 2. The maximum Gasteiger partial charge on any atom is 0.244 e. The van der Waals surface area contributed by atoms with E-state index in [1.54, 1.807) is 9.58 Å². The Morgan fingerprint density at radius 3 is 2.59 bits per heavy atom. The molecule has 0 saturated carbocycles. The van der Waals surface area contributed by atoms with Crippen LogP contribution in [0.5, 0.6) is 0 Å². The second-order valence-corrected chi connectivity index (χ2v) is 7.00. The topological polar surface area (TPSA) is 58.4 Å². The lowest BCUT2D eigenvalue weighted by molar-refractivity contribution is -0.146. The van der Waals surface area contributed by atoms with Gasteiger partial charge in [-0.2, -0.15) is 5.10 Å². The van der Waals surface area contributed by atoms with Crippen molar-refractivity contribution in [3.05, 3.63) is 65.9 Å². The van der Waals surface area contributed by atoms with Crippen LogP contribution in [0.15, 0.2) is 54.7 Å². The normalized spacial score (nSPS) is 14.8. The van der Waals surface area contributed by atoms with Crippen LogP contribution in [-0.4, -0.2) is 51.0 Å². The van der Waals surface area contributed by atoms with E-state index in [0.717, 1.165) is 16.5 Å². The van der Waals surface area contributed by atoms with Crippen molar-refractivity contribution in [1.29, 1.82) is 0 Å². The summed E-state index contributed by atoms with van der Waals surface area (Å²) in [5, 5.41) is 5.42. The number of amides is 2. The highest BCUT2D eigenvalue weighted by atomic mass is 16.2. The molecule has 0 bridgehead atoms. The number of hydrogen-bond donors (Lipinski definition) is 0. The summed E-state index contributed by atoms with van der Waals surface area (Å²) in [7, 11) is 0. The van der Waals surface area contributed by atoms with E-state index in [1.807, 2.05) is 66.6 Å². The van der Waals surface area contributed by atoms with E-state index >= 15 is 0 Å². The Labute approximate surface area is 158 Å². The van der Waals surface area contributed by atoms with Gasteiger partial charge in [0.1, 0.15) is 6.54 Å². The van der Waals surface area contributed by atoms with E-state index in [-0.39, 0.29) is 24.9 Å². The summed E-state index contributed by atoms with van der Waals surface area (Å²) < 4.78 is 1.65. The molecule has 0 unspecified atom stereocenters. The molecule has 0 N–H and O–H groups in total. The van der Waals surface area contributed by atoms with Crippen molar-refractivity contribution in [2.45, 2.75) is 20.0 Å². The number of hydrogen-bond acceptors (Lipinski definition) is 3. The highest BCUT2D eigenvalue weighted by Gasteiger charge is 2.27. The van der Waals surface area contributed by atoms with E-state index in [0.29, 0.717) is 19.6 Å². The first-order valence-electron chi connectivity index (χ1n) is 9.12. The third-order valence-electron chi connectivity index (χ3n) is 4.92.